The molecule has 0 unspecified atom stereocenters. The van der Waals surface area contributed by atoms with Crippen LogP contribution in [-0.4, -0.2) is 0 Å². The van der Waals surface area contributed by atoms with Crippen molar-refractivity contribution in [3.63, 3.8) is 0 Å². The number of benzene rings is 4. The van der Waals surface area contributed by atoms with Crippen LogP contribution in [0, 0.1) is 0 Å². The van der Waals surface area contributed by atoms with Crippen molar-refractivity contribution < 1.29 is 0 Å². The van der Waals surface area contributed by atoms with Crippen LogP contribution in [0.5, 0.6) is 0 Å². The third-order valence-electron chi connectivity index (χ3n) is 4.86. The molecule has 4 aromatic carbocycles. The zero-order valence-electron chi connectivity index (χ0n) is 12.8. The zero-order valence-corrected chi connectivity index (χ0v) is 12.8. The van der Waals surface area contributed by atoms with Crippen LogP contribution in [0.25, 0.3) is 33.2 Å². The van der Waals surface area contributed by atoms with Crippen LogP contribution in [-0.2, 0) is 6.42 Å². The van der Waals surface area contributed by atoms with Crippen molar-refractivity contribution >= 4 is 33.2 Å². The summed E-state index contributed by atoms with van der Waals surface area (Å²) in [5.41, 5.74) is 5.62. The molecule has 0 amide bonds. The molecule has 0 aromatic heterocycles. The highest BCUT2D eigenvalue weighted by Crippen LogP contribution is 2.39. The van der Waals surface area contributed by atoms with Crippen LogP contribution in [0.4, 0.5) is 0 Å². The molecule has 0 fully saturated rings. The molecule has 0 saturated carbocycles. The molecule has 0 heterocycles. The molecule has 0 saturated heterocycles. The minimum Gasteiger partial charge on any atom is -0.0619 e. The molecule has 0 bridgehead atoms. The van der Waals surface area contributed by atoms with E-state index in [0.717, 1.165) is 6.42 Å². The van der Waals surface area contributed by atoms with Crippen molar-refractivity contribution in [1.82, 2.24) is 0 Å². The van der Waals surface area contributed by atoms with Gasteiger partial charge < -0.3 is 0 Å². The summed E-state index contributed by atoms with van der Waals surface area (Å²) in [6, 6.07) is 28.5. The van der Waals surface area contributed by atoms with E-state index in [9.17, 15) is 0 Å². The van der Waals surface area contributed by atoms with Gasteiger partial charge in [0.05, 0.1) is 0 Å². The normalized spacial score (nSPS) is 13.3. The van der Waals surface area contributed by atoms with E-state index in [0.29, 0.717) is 0 Å². The fraction of sp³-hybridized carbons (Fsp3) is 0.0435. The Balaban J connectivity index is 1.86. The second kappa shape index (κ2) is 4.82. The van der Waals surface area contributed by atoms with E-state index >= 15 is 0 Å². The smallest absolute Gasteiger partial charge is 0.00132 e. The first kappa shape index (κ1) is 12.7. The van der Waals surface area contributed by atoms with Crippen LogP contribution in [0.15, 0.2) is 78.9 Å². The van der Waals surface area contributed by atoms with Crippen molar-refractivity contribution in [3.05, 3.63) is 95.6 Å². The van der Waals surface area contributed by atoms with Gasteiger partial charge >= 0.3 is 0 Å². The fourth-order valence-corrected chi connectivity index (χ4v) is 3.80. The highest BCUT2D eigenvalue weighted by molar-refractivity contribution is 6.12. The van der Waals surface area contributed by atoms with Crippen molar-refractivity contribution in [2.45, 2.75) is 6.42 Å². The van der Waals surface area contributed by atoms with Gasteiger partial charge in [-0.3, -0.25) is 0 Å². The molecule has 4 aromatic rings. The minimum atomic E-state index is 1.02. The van der Waals surface area contributed by atoms with Crippen molar-refractivity contribution in [1.29, 1.82) is 0 Å². The second-order valence-corrected chi connectivity index (χ2v) is 6.24. The van der Waals surface area contributed by atoms with E-state index in [4.69, 9.17) is 0 Å². The SMILES string of the molecule is C1=C(c2c3ccccc3cc3ccccc23)Cc2ccccc21. The molecule has 0 nitrogen and oxygen atoms in total. The molecular weight excluding hydrogens is 276 g/mol. The molecule has 0 aliphatic heterocycles. The van der Waals surface area contributed by atoms with Gasteiger partial charge in [0.25, 0.3) is 0 Å². The summed E-state index contributed by atoms with van der Waals surface area (Å²) in [6.45, 7) is 0. The van der Waals surface area contributed by atoms with Gasteiger partial charge in [-0.05, 0) is 56.3 Å². The lowest BCUT2D eigenvalue weighted by Crippen LogP contribution is -1.90. The van der Waals surface area contributed by atoms with Gasteiger partial charge in [0.2, 0.25) is 0 Å². The first-order valence-electron chi connectivity index (χ1n) is 8.09. The van der Waals surface area contributed by atoms with E-state index < -0.39 is 0 Å². The van der Waals surface area contributed by atoms with Gasteiger partial charge in [-0.25, -0.2) is 0 Å². The molecule has 108 valence electrons. The first-order chi connectivity index (χ1) is 11.4. The second-order valence-electron chi connectivity index (χ2n) is 6.24. The first-order valence-corrected chi connectivity index (χ1v) is 8.09. The van der Waals surface area contributed by atoms with Gasteiger partial charge in [0, 0.05) is 0 Å². The Hall–Kier alpha value is -2.86. The lowest BCUT2D eigenvalue weighted by Gasteiger charge is -2.12. The molecule has 1 aliphatic carbocycles. The van der Waals surface area contributed by atoms with E-state index in [1.54, 1.807) is 0 Å². The predicted molar refractivity (Wildman–Crippen MR) is 99.5 cm³/mol. The molecule has 0 heteroatoms. The highest BCUT2D eigenvalue weighted by Gasteiger charge is 2.17. The number of hydrogen-bond donors (Lipinski definition) is 0. The lowest BCUT2D eigenvalue weighted by molar-refractivity contribution is 1.33. The van der Waals surface area contributed by atoms with E-state index in [-0.39, 0.29) is 0 Å². The summed E-state index contributed by atoms with van der Waals surface area (Å²) in [6.07, 6.45) is 3.39. The molecule has 0 spiro atoms. The van der Waals surface area contributed by atoms with Crippen LogP contribution < -0.4 is 0 Å². The van der Waals surface area contributed by atoms with Gasteiger partial charge in [0.1, 0.15) is 0 Å². The van der Waals surface area contributed by atoms with E-state index in [1.807, 2.05) is 0 Å². The minimum absolute atomic E-state index is 1.02. The number of allylic oxidation sites excluding steroid dienone is 1. The lowest BCUT2D eigenvalue weighted by atomic mass is 9.91. The molecule has 23 heavy (non-hydrogen) atoms. The van der Waals surface area contributed by atoms with Gasteiger partial charge in [-0.2, -0.15) is 0 Å². The van der Waals surface area contributed by atoms with Crippen LogP contribution in [0.3, 0.4) is 0 Å². The van der Waals surface area contributed by atoms with Crippen molar-refractivity contribution in [3.8, 4) is 0 Å². The Bertz CT molecular complexity index is 1030. The molecular formula is C23H16. The Morgan fingerprint density at radius 1 is 0.609 bits per heavy atom. The molecule has 5 rings (SSSR count). The summed E-state index contributed by atoms with van der Waals surface area (Å²) < 4.78 is 0. The van der Waals surface area contributed by atoms with Crippen molar-refractivity contribution in [2.24, 2.45) is 0 Å². The largest absolute Gasteiger partial charge is 0.0619 e. The molecule has 0 N–H and O–H groups in total. The summed E-state index contributed by atoms with van der Waals surface area (Å²) in [5, 5.41) is 5.34. The maximum absolute atomic E-state index is 2.36. The number of fused-ring (bicyclic) bond motifs is 3. The zero-order chi connectivity index (χ0) is 15.2. The standard InChI is InChI=1S/C23H16/c1-2-8-17-14-20(13-16(17)7-1)23-21-11-5-3-9-18(21)15-19-10-4-6-12-22(19)23/h1-13,15H,14H2. The monoisotopic (exact) mass is 292 g/mol. The topological polar surface area (TPSA) is 0 Å². The third kappa shape index (κ3) is 1.92. The number of hydrogen-bond acceptors (Lipinski definition) is 0. The Labute approximate surface area is 135 Å². The average molecular weight is 292 g/mol. The maximum Gasteiger partial charge on any atom is -0.00132 e. The van der Waals surface area contributed by atoms with Crippen molar-refractivity contribution in [2.75, 3.05) is 0 Å². The van der Waals surface area contributed by atoms with Gasteiger partial charge in [-0.1, -0.05) is 78.9 Å². The van der Waals surface area contributed by atoms with Gasteiger partial charge in [-0.15, -0.1) is 0 Å². The van der Waals surface area contributed by atoms with Crippen LogP contribution >= 0.6 is 0 Å². The third-order valence-corrected chi connectivity index (χ3v) is 4.86. The Morgan fingerprint density at radius 3 is 1.91 bits per heavy atom. The summed E-state index contributed by atoms with van der Waals surface area (Å²) in [4.78, 5) is 0. The quantitative estimate of drug-likeness (QED) is 0.372. The van der Waals surface area contributed by atoms with E-state index in [2.05, 4.69) is 84.9 Å². The predicted octanol–water partition coefficient (Wildman–Crippen LogP) is 6.09. The Morgan fingerprint density at radius 2 is 1.22 bits per heavy atom. The van der Waals surface area contributed by atoms with E-state index in [1.165, 1.54) is 43.8 Å². The summed E-state index contributed by atoms with van der Waals surface area (Å²) in [7, 11) is 0. The van der Waals surface area contributed by atoms with Gasteiger partial charge in [0.15, 0.2) is 0 Å². The average Bonchev–Trinajstić information content (AvgIpc) is 3.03. The fourth-order valence-electron chi connectivity index (χ4n) is 3.80. The number of rotatable bonds is 1. The summed E-state index contributed by atoms with van der Waals surface area (Å²) >= 11 is 0. The summed E-state index contributed by atoms with van der Waals surface area (Å²) in [5.74, 6) is 0. The van der Waals surface area contributed by atoms with Crippen LogP contribution in [0.1, 0.15) is 16.7 Å². The molecule has 1 aliphatic rings. The maximum atomic E-state index is 2.36. The molecule has 0 radical (unpaired) electrons. The highest BCUT2D eigenvalue weighted by atomic mass is 14.2. The molecule has 0 atom stereocenters. The van der Waals surface area contributed by atoms with Crippen LogP contribution in [0.2, 0.25) is 0 Å². The Kier molecular flexibility index (Phi) is 2.65.